The zero-order chi connectivity index (χ0) is 12.3. The molecule has 0 radical (unpaired) electrons. The summed E-state index contributed by atoms with van der Waals surface area (Å²) in [6.45, 7) is 0.878. The molecule has 5 nitrogen and oxygen atoms in total. The minimum atomic E-state index is -0.533. The van der Waals surface area contributed by atoms with Crippen LogP contribution in [0.25, 0.3) is 0 Å². The van der Waals surface area contributed by atoms with Crippen LogP contribution in [0.1, 0.15) is 24.8 Å². The van der Waals surface area contributed by atoms with Crippen LogP contribution in [0.5, 0.6) is 0 Å². The normalized spacial score (nSPS) is 14.8. The summed E-state index contributed by atoms with van der Waals surface area (Å²) in [6.07, 6.45) is 3.77. The average Bonchev–Trinajstić information content (AvgIpc) is 2.26. The summed E-state index contributed by atoms with van der Waals surface area (Å²) in [5.74, 6) is 0.704. The summed E-state index contributed by atoms with van der Waals surface area (Å²) >= 11 is 0. The second-order valence-corrected chi connectivity index (χ2v) is 4.28. The Hall–Kier alpha value is -2.09. The van der Waals surface area contributed by atoms with Crippen molar-refractivity contribution in [3.63, 3.8) is 0 Å². The standard InChI is InChI=1S/C12H13N3O2/c13-7-10-6-11(4-5-12(10)15(16)17)14-8-9-2-1-3-9/h4-6,9,14H,1-3,8H2. The number of rotatable bonds is 4. The SMILES string of the molecule is N#Cc1cc(NCC2CCC2)ccc1[N+](=O)[O-]. The molecule has 1 N–H and O–H groups in total. The molecule has 88 valence electrons. The highest BCUT2D eigenvalue weighted by Crippen LogP contribution is 2.27. The van der Waals surface area contributed by atoms with E-state index in [0.717, 1.165) is 12.2 Å². The monoisotopic (exact) mass is 231 g/mol. The predicted octanol–water partition coefficient (Wildman–Crippen LogP) is 2.68. The van der Waals surface area contributed by atoms with Crippen LogP contribution < -0.4 is 5.32 Å². The van der Waals surface area contributed by atoms with Crippen molar-refractivity contribution in [3.05, 3.63) is 33.9 Å². The molecule has 1 aliphatic carbocycles. The van der Waals surface area contributed by atoms with E-state index in [1.807, 2.05) is 6.07 Å². The summed E-state index contributed by atoms with van der Waals surface area (Å²) in [7, 11) is 0. The van der Waals surface area contributed by atoms with Crippen LogP contribution >= 0.6 is 0 Å². The molecule has 0 bridgehead atoms. The zero-order valence-electron chi connectivity index (χ0n) is 9.35. The van der Waals surface area contributed by atoms with Crippen molar-refractivity contribution >= 4 is 11.4 Å². The molecule has 0 unspecified atom stereocenters. The van der Waals surface area contributed by atoms with Gasteiger partial charge in [0.05, 0.1) is 4.92 Å². The van der Waals surface area contributed by atoms with Crippen molar-refractivity contribution < 1.29 is 4.92 Å². The molecule has 0 saturated heterocycles. The van der Waals surface area contributed by atoms with Gasteiger partial charge in [0.2, 0.25) is 0 Å². The van der Waals surface area contributed by atoms with Gasteiger partial charge in [0.15, 0.2) is 0 Å². The molecule has 0 spiro atoms. The average molecular weight is 231 g/mol. The summed E-state index contributed by atoms with van der Waals surface area (Å²) in [6, 6.07) is 6.42. The van der Waals surface area contributed by atoms with Gasteiger partial charge in [-0.15, -0.1) is 0 Å². The Morgan fingerprint density at radius 1 is 1.53 bits per heavy atom. The maximum atomic E-state index is 10.6. The van der Waals surface area contributed by atoms with Crippen molar-refractivity contribution in [2.24, 2.45) is 5.92 Å². The molecule has 5 heteroatoms. The number of hydrogen-bond acceptors (Lipinski definition) is 4. The lowest BCUT2D eigenvalue weighted by molar-refractivity contribution is -0.385. The van der Waals surface area contributed by atoms with Crippen molar-refractivity contribution in [2.45, 2.75) is 19.3 Å². The highest BCUT2D eigenvalue weighted by Gasteiger charge is 2.18. The molecule has 0 heterocycles. The van der Waals surface area contributed by atoms with Crippen molar-refractivity contribution in [3.8, 4) is 6.07 Å². The maximum absolute atomic E-state index is 10.6. The summed E-state index contributed by atoms with van der Waals surface area (Å²) < 4.78 is 0. The van der Waals surface area contributed by atoms with Crippen LogP contribution in [0, 0.1) is 27.4 Å². The molecule has 2 rings (SSSR count). The second-order valence-electron chi connectivity index (χ2n) is 4.28. The lowest BCUT2D eigenvalue weighted by atomic mass is 9.85. The predicted molar refractivity (Wildman–Crippen MR) is 63.6 cm³/mol. The van der Waals surface area contributed by atoms with Gasteiger partial charge in [0.25, 0.3) is 5.69 Å². The number of nitro benzene ring substituents is 1. The van der Waals surface area contributed by atoms with E-state index < -0.39 is 4.92 Å². The topological polar surface area (TPSA) is 79.0 Å². The summed E-state index contributed by atoms with van der Waals surface area (Å²) in [5, 5.41) is 22.7. The van der Waals surface area contributed by atoms with Crippen molar-refractivity contribution in [1.82, 2.24) is 0 Å². The van der Waals surface area contributed by atoms with Gasteiger partial charge in [-0.3, -0.25) is 10.1 Å². The van der Waals surface area contributed by atoms with Gasteiger partial charge < -0.3 is 5.32 Å². The van der Waals surface area contributed by atoms with Gasteiger partial charge in [-0.05, 0) is 30.9 Å². The van der Waals surface area contributed by atoms with Gasteiger partial charge in [-0.2, -0.15) is 5.26 Å². The Morgan fingerprint density at radius 3 is 2.82 bits per heavy atom. The first-order valence-electron chi connectivity index (χ1n) is 5.63. The van der Waals surface area contributed by atoms with Crippen LogP contribution in [0.15, 0.2) is 18.2 Å². The van der Waals surface area contributed by atoms with Crippen LogP contribution in [0.4, 0.5) is 11.4 Å². The third kappa shape index (κ3) is 2.53. The number of nitrogens with one attached hydrogen (secondary N) is 1. The molecular weight excluding hydrogens is 218 g/mol. The smallest absolute Gasteiger partial charge is 0.287 e. The quantitative estimate of drug-likeness (QED) is 0.638. The van der Waals surface area contributed by atoms with E-state index in [1.54, 1.807) is 6.07 Å². The summed E-state index contributed by atoms with van der Waals surface area (Å²) in [4.78, 5) is 10.1. The molecule has 1 aromatic rings. The van der Waals surface area contributed by atoms with Gasteiger partial charge >= 0.3 is 0 Å². The van der Waals surface area contributed by atoms with Gasteiger partial charge in [0.1, 0.15) is 11.6 Å². The van der Waals surface area contributed by atoms with Crippen LogP contribution in [0.3, 0.4) is 0 Å². The third-order valence-electron chi connectivity index (χ3n) is 3.13. The molecule has 1 aliphatic rings. The van der Waals surface area contributed by atoms with Gasteiger partial charge in [-0.25, -0.2) is 0 Å². The number of nitro groups is 1. The minimum Gasteiger partial charge on any atom is -0.385 e. The Balaban J connectivity index is 2.08. The number of nitrogens with zero attached hydrogens (tertiary/aromatic N) is 2. The van der Waals surface area contributed by atoms with E-state index in [1.165, 1.54) is 31.4 Å². The Labute approximate surface area is 99.2 Å². The first-order chi connectivity index (χ1) is 8.20. The highest BCUT2D eigenvalue weighted by atomic mass is 16.6. The summed E-state index contributed by atoms with van der Waals surface area (Å²) in [5.41, 5.74) is 0.745. The molecule has 17 heavy (non-hydrogen) atoms. The molecule has 0 amide bonds. The molecule has 1 saturated carbocycles. The second kappa shape index (κ2) is 4.83. The van der Waals surface area contributed by atoms with E-state index in [4.69, 9.17) is 5.26 Å². The lowest BCUT2D eigenvalue weighted by Crippen LogP contribution is -2.20. The third-order valence-corrected chi connectivity index (χ3v) is 3.13. The van der Waals surface area contributed by atoms with Gasteiger partial charge in [-0.1, -0.05) is 6.42 Å². The molecule has 1 aromatic carbocycles. The first kappa shape index (κ1) is 11.4. The van der Waals surface area contributed by atoms with E-state index in [0.29, 0.717) is 5.92 Å². The lowest BCUT2D eigenvalue weighted by Gasteiger charge is -2.25. The van der Waals surface area contributed by atoms with Crippen LogP contribution in [0.2, 0.25) is 0 Å². The Kier molecular flexibility index (Phi) is 3.24. The number of nitriles is 1. The largest absolute Gasteiger partial charge is 0.385 e. The number of anilines is 1. The zero-order valence-corrected chi connectivity index (χ0v) is 9.35. The first-order valence-corrected chi connectivity index (χ1v) is 5.63. The van der Waals surface area contributed by atoms with E-state index in [-0.39, 0.29) is 11.3 Å². The minimum absolute atomic E-state index is 0.105. The Morgan fingerprint density at radius 2 is 2.29 bits per heavy atom. The van der Waals surface area contributed by atoms with E-state index in [9.17, 15) is 10.1 Å². The molecule has 0 aliphatic heterocycles. The fourth-order valence-electron chi connectivity index (χ4n) is 1.85. The van der Waals surface area contributed by atoms with Crippen LogP contribution in [-0.2, 0) is 0 Å². The molecule has 1 fully saturated rings. The van der Waals surface area contributed by atoms with Crippen LogP contribution in [-0.4, -0.2) is 11.5 Å². The van der Waals surface area contributed by atoms with Crippen molar-refractivity contribution in [2.75, 3.05) is 11.9 Å². The molecule has 0 aromatic heterocycles. The van der Waals surface area contributed by atoms with Gasteiger partial charge in [0, 0.05) is 18.3 Å². The highest BCUT2D eigenvalue weighted by molar-refractivity contribution is 5.58. The van der Waals surface area contributed by atoms with E-state index >= 15 is 0 Å². The fourth-order valence-corrected chi connectivity index (χ4v) is 1.85. The number of hydrogen-bond donors (Lipinski definition) is 1. The fraction of sp³-hybridized carbons (Fsp3) is 0.417. The van der Waals surface area contributed by atoms with E-state index in [2.05, 4.69) is 5.32 Å². The Bertz CT molecular complexity index is 475. The maximum Gasteiger partial charge on any atom is 0.287 e. The van der Waals surface area contributed by atoms with Crippen molar-refractivity contribution in [1.29, 1.82) is 5.26 Å². The molecular formula is C12H13N3O2. The molecule has 0 atom stereocenters. The number of benzene rings is 1.